The second-order valence-electron chi connectivity index (χ2n) is 6.44. The lowest BCUT2D eigenvalue weighted by atomic mass is 9.96. The average Bonchev–Trinajstić information content (AvgIpc) is 2.43. The first-order valence-corrected chi connectivity index (χ1v) is 7.82. The molecule has 0 aliphatic heterocycles. The number of hydrogen-bond donors (Lipinski definition) is 1. The van der Waals surface area contributed by atoms with E-state index >= 15 is 0 Å². The third-order valence-corrected chi connectivity index (χ3v) is 4.29. The summed E-state index contributed by atoms with van der Waals surface area (Å²) in [5, 5.41) is 3.64. The van der Waals surface area contributed by atoms with Crippen LogP contribution in [0.3, 0.4) is 0 Å². The first-order valence-electron chi connectivity index (χ1n) is 7.82. The second kappa shape index (κ2) is 6.34. The molecule has 2 aromatic carbocycles. The molecule has 1 N–H and O–H groups in total. The number of nitrogens with one attached hydrogen (secondary N) is 1. The van der Waals surface area contributed by atoms with Gasteiger partial charge in [0.15, 0.2) is 0 Å². The van der Waals surface area contributed by atoms with E-state index in [-0.39, 0.29) is 0 Å². The maximum atomic E-state index is 3.64. The van der Waals surface area contributed by atoms with Crippen LogP contribution in [0.2, 0.25) is 0 Å². The maximum Gasteiger partial charge on any atom is 0.0488 e. The Balaban J connectivity index is 2.24. The Labute approximate surface area is 129 Å². The van der Waals surface area contributed by atoms with Crippen LogP contribution in [0.1, 0.15) is 60.5 Å². The standard InChI is InChI=1S/C20H27N/c1-13(2)18-8-7-9-19(12-18)21-17(6)20-11-15(4)14(3)10-16(20)5/h7-13,17,21H,1-6H3. The highest BCUT2D eigenvalue weighted by molar-refractivity contribution is 5.49. The third kappa shape index (κ3) is 3.66. The van der Waals surface area contributed by atoms with Gasteiger partial charge in [0.05, 0.1) is 0 Å². The molecule has 0 fully saturated rings. The van der Waals surface area contributed by atoms with E-state index < -0.39 is 0 Å². The molecule has 0 heterocycles. The van der Waals surface area contributed by atoms with Gasteiger partial charge in [-0.05, 0) is 73.6 Å². The number of aryl methyl sites for hydroxylation is 3. The van der Waals surface area contributed by atoms with Crippen molar-refractivity contribution in [3.8, 4) is 0 Å². The minimum Gasteiger partial charge on any atom is -0.379 e. The Morgan fingerprint density at radius 3 is 2.14 bits per heavy atom. The lowest BCUT2D eigenvalue weighted by Crippen LogP contribution is -2.09. The number of rotatable bonds is 4. The molecule has 0 spiro atoms. The van der Waals surface area contributed by atoms with Crippen LogP contribution in [0.15, 0.2) is 36.4 Å². The van der Waals surface area contributed by atoms with Gasteiger partial charge in [0.25, 0.3) is 0 Å². The molecule has 2 aromatic rings. The van der Waals surface area contributed by atoms with E-state index in [0.29, 0.717) is 12.0 Å². The predicted octanol–water partition coefficient (Wildman–Crippen LogP) is 5.91. The van der Waals surface area contributed by atoms with Crippen molar-refractivity contribution in [2.24, 2.45) is 0 Å². The second-order valence-corrected chi connectivity index (χ2v) is 6.44. The summed E-state index contributed by atoms with van der Waals surface area (Å²) < 4.78 is 0. The molecule has 0 aromatic heterocycles. The molecule has 0 amide bonds. The van der Waals surface area contributed by atoms with Gasteiger partial charge in [-0.1, -0.05) is 38.1 Å². The summed E-state index contributed by atoms with van der Waals surface area (Å²) in [6.45, 7) is 13.3. The van der Waals surface area contributed by atoms with Crippen molar-refractivity contribution in [1.82, 2.24) is 0 Å². The molecular formula is C20H27N. The summed E-state index contributed by atoms with van der Waals surface area (Å²) in [6, 6.07) is 13.7. The smallest absolute Gasteiger partial charge is 0.0488 e. The highest BCUT2D eigenvalue weighted by Crippen LogP contribution is 2.26. The zero-order valence-corrected chi connectivity index (χ0v) is 14.1. The fourth-order valence-corrected chi connectivity index (χ4v) is 2.76. The number of benzene rings is 2. The van der Waals surface area contributed by atoms with Gasteiger partial charge in [0, 0.05) is 11.7 Å². The van der Waals surface area contributed by atoms with Gasteiger partial charge in [-0.3, -0.25) is 0 Å². The van der Waals surface area contributed by atoms with Gasteiger partial charge < -0.3 is 5.32 Å². The van der Waals surface area contributed by atoms with Crippen molar-refractivity contribution in [2.75, 3.05) is 5.32 Å². The number of hydrogen-bond acceptors (Lipinski definition) is 1. The third-order valence-electron chi connectivity index (χ3n) is 4.29. The van der Waals surface area contributed by atoms with Crippen LogP contribution < -0.4 is 5.32 Å². The summed E-state index contributed by atoms with van der Waals surface area (Å²) in [4.78, 5) is 0. The van der Waals surface area contributed by atoms with E-state index in [9.17, 15) is 0 Å². The van der Waals surface area contributed by atoms with Crippen LogP contribution in [-0.2, 0) is 0 Å². The normalized spacial score (nSPS) is 12.5. The van der Waals surface area contributed by atoms with Crippen LogP contribution >= 0.6 is 0 Å². The average molecular weight is 281 g/mol. The van der Waals surface area contributed by atoms with Gasteiger partial charge in [-0.2, -0.15) is 0 Å². The molecule has 0 bridgehead atoms. The van der Waals surface area contributed by atoms with E-state index in [4.69, 9.17) is 0 Å². The zero-order chi connectivity index (χ0) is 15.6. The lowest BCUT2D eigenvalue weighted by molar-refractivity contribution is 0.854. The van der Waals surface area contributed by atoms with Crippen molar-refractivity contribution >= 4 is 5.69 Å². The Kier molecular flexibility index (Phi) is 4.72. The fraction of sp³-hybridized carbons (Fsp3) is 0.400. The van der Waals surface area contributed by atoms with E-state index in [0.717, 1.165) is 0 Å². The molecule has 1 nitrogen and oxygen atoms in total. The molecule has 0 aliphatic carbocycles. The highest BCUT2D eigenvalue weighted by Gasteiger charge is 2.10. The Morgan fingerprint density at radius 1 is 0.810 bits per heavy atom. The van der Waals surface area contributed by atoms with Crippen molar-refractivity contribution in [3.63, 3.8) is 0 Å². The molecule has 21 heavy (non-hydrogen) atoms. The fourth-order valence-electron chi connectivity index (χ4n) is 2.76. The maximum absolute atomic E-state index is 3.64. The summed E-state index contributed by atoms with van der Waals surface area (Å²) in [5.74, 6) is 0.561. The SMILES string of the molecule is Cc1cc(C)c(C(C)Nc2cccc(C(C)C)c2)cc1C. The van der Waals surface area contributed by atoms with Gasteiger partial charge in [0.2, 0.25) is 0 Å². The van der Waals surface area contributed by atoms with Crippen LogP contribution in [0, 0.1) is 20.8 Å². The van der Waals surface area contributed by atoms with Crippen LogP contribution in [0.4, 0.5) is 5.69 Å². The van der Waals surface area contributed by atoms with Crippen molar-refractivity contribution in [1.29, 1.82) is 0 Å². The molecule has 0 saturated carbocycles. The summed E-state index contributed by atoms with van der Waals surface area (Å²) in [6.07, 6.45) is 0. The van der Waals surface area contributed by atoms with E-state index in [1.165, 1.54) is 33.5 Å². The van der Waals surface area contributed by atoms with Crippen molar-refractivity contribution in [2.45, 2.75) is 53.5 Å². The quantitative estimate of drug-likeness (QED) is 0.734. The molecule has 1 heteroatoms. The lowest BCUT2D eigenvalue weighted by Gasteiger charge is -2.20. The molecule has 0 saturated heterocycles. The Morgan fingerprint density at radius 2 is 1.48 bits per heavy atom. The van der Waals surface area contributed by atoms with Gasteiger partial charge in [-0.15, -0.1) is 0 Å². The van der Waals surface area contributed by atoms with E-state index in [2.05, 4.69) is 83.3 Å². The topological polar surface area (TPSA) is 12.0 Å². The highest BCUT2D eigenvalue weighted by atomic mass is 14.9. The zero-order valence-electron chi connectivity index (χ0n) is 14.1. The van der Waals surface area contributed by atoms with Crippen LogP contribution in [0.5, 0.6) is 0 Å². The largest absolute Gasteiger partial charge is 0.379 e. The van der Waals surface area contributed by atoms with Gasteiger partial charge >= 0.3 is 0 Å². The minimum atomic E-state index is 0.312. The molecule has 1 atom stereocenters. The number of anilines is 1. The van der Waals surface area contributed by atoms with Gasteiger partial charge in [0.1, 0.15) is 0 Å². The molecule has 0 aliphatic rings. The molecule has 112 valence electrons. The van der Waals surface area contributed by atoms with E-state index in [1.807, 2.05) is 0 Å². The molecular weight excluding hydrogens is 254 g/mol. The first kappa shape index (κ1) is 15.6. The Hall–Kier alpha value is -1.76. The summed E-state index contributed by atoms with van der Waals surface area (Å²) >= 11 is 0. The van der Waals surface area contributed by atoms with E-state index in [1.54, 1.807) is 0 Å². The summed E-state index contributed by atoms with van der Waals surface area (Å²) in [7, 11) is 0. The van der Waals surface area contributed by atoms with Crippen LogP contribution in [-0.4, -0.2) is 0 Å². The monoisotopic (exact) mass is 281 g/mol. The van der Waals surface area contributed by atoms with Crippen LogP contribution in [0.25, 0.3) is 0 Å². The molecule has 0 radical (unpaired) electrons. The summed E-state index contributed by atoms with van der Waals surface area (Å²) in [5.41, 5.74) is 8.05. The van der Waals surface area contributed by atoms with Crippen molar-refractivity contribution in [3.05, 3.63) is 64.2 Å². The minimum absolute atomic E-state index is 0.312. The first-order chi connectivity index (χ1) is 9.88. The van der Waals surface area contributed by atoms with Gasteiger partial charge in [-0.25, -0.2) is 0 Å². The Bertz CT molecular complexity index is 626. The predicted molar refractivity (Wildman–Crippen MR) is 93.2 cm³/mol. The molecule has 2 rings (SSSR count). The van der Waals surface area contributed by atoms with Crippen molar-refractivity contribution < 1.29 is 0 Å². The molecule has 1 unspecified atom stereocenters.